The SMILES string of the molecule is CCOC(=O)c1c(C=O)oc2c(C)cc(OC(=O)c3cccc(C)c3)c(Br)c12. The van der Waals surface area contributed by atoms with Gasteiger partial charge in [-0.25, -0.2) is 9.59 Å². The smallest absolute Gasteiger partial charge is 0.343 e. The van der Waals surface area contributed by atoms with Crippen molar-refractivity contribution in [3.8, 4) is 5.75 Å². The van der Waals surface area contributed by atoms with Crippen LogP contribution < -0.4 is 4.74 Å². The summed E-state index contributed by atoms with van der Waals surface area (Å²) in [5.41, 5.74) is 2.26. The molecule has 3 rings (SSSR count). The van der Waals surface area contributed by atoms with E-state index in [1.165, 1.54) is 0 Å². The average Bonchev–Trinajstić information content (AvgIpc) is 3.06. The van der Waals surface area contributed by atoms with E-state index in [0.717, 1.165) is 5.56 Å². The fraction of sp³-hybridized carbons (Fsp3) is 0.190. The van der Waals surface area contributed by atoms with Gasteiger partial charge in [0.2, 0.25) is 0 Å². The molecule has 0 radical (unpaired) electrons. The van der Waals surface area contributed by atoms with Gasteiger partial charge in [-0.2, -0.15) is 0 Å². The van der Waals surface area contributed by atoms with Crippen molar-refractivity contribution in [2.45, 2.75) is 20.8 Å². The lowest BCUT2D eigenvalue weighted by Crippen LogP contribution is -2.10. The molecule has 0 amide bonds. The van der Waals surface area contributed by atoms with Gasteiger partial charge in [-0.05, 0) is 60.5 Å². The summed E-state index contributed by atoms with van der Waals surface area (Å²) in [6.07, 6.45) is 0.455. The third-order valence-electron chi connectivity index (χ3n) is 4.12. The normalized spacial score (nSPS) is 10.7. The first kappa shape index (κ1) is 19.8. The number of hydrogen-bond donors (Lipinski definition) is 0. The summed E-state index contributed by atoms with van der Waals surface area (Å²) >= 11 is 3.38. The van der Waals surface area contributed by atoms with Crippen molar-refractivity contribution in [3.05, 3.63) is 62.8 Å². The van der Waals surface area contributed by atoms with Crippen LogP contribution in [0.25, 0.3) is 11.0 Å². The molecule has 1 aromatic heterocycles. The first-order chi connectivity index (χ1) is 13.4. The molecule has 2 aromatic carbocycles. The molecule has 3 aromatic rings. The van der Waals surface area contributed by atoms with Crippen LogP contribution in [0.3, 0.4) is 0 Å². The van der Waals surface area contributed by atoms with E-state index in [0.29, 0.717) is 32.9 Å². The monoisotopic (exact) mass is 444 g/mol. The molecule has 6 nitrogen and oxygen atoms in total. The summed E-state index contributed by atoms with van der Waals surface area (Å²) in [5, 5.41) is 0.326. The first-order valence-corrected chi connectivity index (χ1v) is 9.33. The Balaban J connectivity index is 2.13. The summed E-state index contributed by atoms with van der Waals surface area (Å²) < 4.78 is 16.5. The van der Waals surface area contributed by atoms with Gasteiger partial charge in [-0.3, -0.25) is 4.79 Å². The Labute approximate surface area is 169 Å². The highest BCUT2D eigenvalue weighted by molar-refractivity contribution is 9.10. The van der Waals surface area contributed by atoms with E-state index in [4.69, 9.17) is 13.9 Å². The Hall–Kier alpha value is -2.93. The number of fused-ring (bicyclic) bond motifs is 1. The molecule has 0 saturated carbocycles. The van der Waals surface area contributed by atoms with Gasteiger partial charge in [-0.15, -0.1) is 0 Å². The van der Waals surface area contributed by atoms with Gasteiger partial charge in [0.15, 0.2) is 12.0 Å². The van der Waals surface area contributed by atoms with E-state index in [2.05, 4.69) is 15.9 Å². The molecule has 144 valence electrons. The maximum atomic E-state index is 12.5. The van der Waals surface area contributed by atoms with Gasteiger partial charge >= 0.3 is 11.9 Å². The number of hydrogen-bond acceptors (Lipinski definition) is 6. The topological polar surface area (TPSA) is 82.8 Å². The van der Waals surface area contributed by atoms with Crippen LogP contribution in [0.4, 0.5) is 0 Å². The minimum atomic E-state index is -0.689. The van der Waals surface area contributed by atoms with Crippen molar-refractivity contribution in [1.82, 2.24) is 0 Å². The van der Waals surface area contributed by atoms with Crippen molar-refractivity contribution in [1.29, 1.82) is 0 Å². The predicted molar refractivity (Wildman–Crippen MR) is 106 cm³/mol. The summed E-state index contributed by atoms with van der Waals surface area (Å²) in [5.74, 6) is -1.16. The molecule has 0 fully saturated rings. The fourth-order valence-electron chi connectivity index (χ4n) is 2.88. The van der Waals surface area contributed by atoms with Gasteiger partial charge < -0.3 is 13.9 Å². The maximum Gasteiger partial charge on any atom is 0.343 e. The van der Waals surface area contributed by atoms with Crippen LogP contribution in [0.15, 0.2) is 39.2 Å². The Morgan fingerprint density at radius 3 is 2.57 bits per heavy atom. The highest BCUT2D eigenvalue weighted by Gasteiger charge is 2.27. The highest BCUT2D eigenvalue weighted by Crippen LogP contribution is 2.40. The average molecular weight is 445 g/mol. The van der Waals surface area contributed by atoms with Gasteiger partial charge in [0, 0.05) is 0 Å². The first-order valence-electron chi connectivity index (χ1n) is 8.54. The highest BCUT2D eigenvalue weighted by atomic mass is 79.9. The number of aldehydes is 1. The number of ether oxygens (including phenoxy) is 2. The number of rotatable bonds is 5. The number of furan rings is 1. The summed E-state index contributed by atoms with van der Waals surface area (Å²) in [6.45, 7) is 5.41. The molecule has 0 N–H and O–H groups in total. The second-order valence-corrected chi connectivity index (χ2v) is 6.94. The van der Waals surface area contributed by atoms with Gasteiger partial charge in [0.05, 0.1) is 22.0 Å². The largest absolute Gasteiger partial charge is 0.462 e. The van der Waals surface area contributed by atoms with Crippen LogP contribution in [0.1, 0.15) is 49.3 Å². The van der Waals surface area contributed by atoms with Gasteiger partial charge in [-0.1, -0.05) is 17.7 Å². The second-order valence-electron chi connectivity index (χ2n) is 6.15. The molecule has 0 unspecified atom stereocenters. The van der Waals surface area contributed by atoms with E-state index < -0.39 is 11.9 Å². The Bertz CT molecular complexity index is 1100. The third kappa shape index (κ3) is 3.57. The summed E-state index contributed by atoms with van der Waals surface area (Å²) in [7, 11) is 0. The molecule has 0 bridgehead atoms. The van der Waals surface area contributed by atoms with Crippen molar-refractivity contribution in [3.63, 3.8) is 0 Å². The number of benzene rings is 2. The number of carbonyl (C=O) groups excluding carboxylic acids is 3. The molecule has 0 aliphatic rings. The van der Waals surface area contributed by atoms with Crippen LogP contribution in [-0.4, -0.2) is 24.8 Å². The van der Waals surface area contributed by atoms with Crippen molar-refractivity contribution >= 4 is 45.1 Å². The van der Waals surface area contributed by atoms with Gasteiger partial charge in [0.1, 0.15) is 16.9 Å². The van der Waals surface area contributed by atoms with Crippen molar-refractivity contribution < 1.29 is 28.3 Å². The zero-order chi connectivity index (χ0) is 20.4. The van der Waals surface area contributed by atoms with E-state index in [-0.39, 0.29) is 23.7 Å². The van der Waals surface area contributed by atoms with E-state index in [9.17, 15) is 14.4 Å². The number of esters is 2. The van der Waals surface area contributed by atoms with Crippen LogP contribution in [-0.2, 0) is 4.74 Å². The van der Waals surface area contributed by atoms with Crippen LogP contribution in [0.5, 0.6) is 5.75 Å². The second kappa shape index (κ2) is 7.98. The minimum absolute atomic E-state index is 0.00437. The zero-order valence-corrected chi connectivity index (χ0v) is 17.1. The lowest BCUT2D eigenvalue weighted by atomic mass is 10.1. The molecule has 0 aliphatic heterocycles. The minimum Gasteiger partial charge on any atom is -0.462 e. The van der Waals surface area contributed by atoms with E-state index >= 15 is 0 Å². The maximum absolute atomic E-state index is 12.5. The van der Waals surface area contributed by atoms with Crippen LogP contribution >= 0.6 is 15.9 Å². The summed E-state index contributed by atoms with van der Waals surface area (Å²) in [4.78, 5) is 36.3. The van der Waals surface area contributed by atoms with Gasteiger partial charge in [0.25, 0.3) is 0 Å². The molecule has 0 spiro atoms. The molecule has 0 saturated heterocycles. The molecule has 28 heavy (non-hydrogen) atoms. The molecular weight excluding hydrogens is 428 g/mol. The lowest BCUT2D eigenvalue weighted by Gasteiger charge is -2.10. The molecular formula is C21H17BrO6. The Kier molecular flexibility index (Phi) is 5.65. The van der Waals surface area contributed by atoms with Crippen molar-refractivity contribution in [2.75, 3.05) is 6.61 Å². The standard InChI is InChI=1S/C21H17BrO6/c1-4-26-21(25)16-15(10-23)27-19-12(3)9-14(18(22)17(16)19)28-20(24)13-7-5-6-11(2)8-13/h5-10H,4H2,1-3H3. The van der Waals surface area contributed by atoms with E-state index in [1.807, 2.05) is 13.0 Å². The Morgan fingerprint density at radius 1 is 1.18 bits per heavy atom. The quantitative estimate of drug-likeness (QED) is 0.312. The molecule has 0 aliphatic carbocycles. The number of halogens is 1. The zero-order valence-electron chi connectivity index (χ0n) is 15.5. The molecule has 7 heteroatoms. The van der Waals surface area contributed by atoms with E-state index in [1.54, 1.807) is 38.1 Å². The van der Waals surface area contributed by atoms with Crippen LogP contribution in [0.2, 0.25) is 0 Å². The lowest BCUT2D eigenvalue weighted by molar-refractivity contribution is 0.0524. The van der Waals surface area contributed by atoms with Crippen molar-refractivity contribution in [2.24, 2.45) is 0 Å². The third-order valence-corrected chi connectivity index (χ3v) is 4.91. The molecule has 1 heterocycles. The number of carbonyl (C=O) groups is 3. The predicted octanol–water partition coefficient (Wildman–Crippen LogP) is 5.02. The summed E-state index contributed by atoms with van der Waals surface area (Å²) in [6, 6.07) is 8.61. The number of aryl methyl sites for hydroxylation is 2. The van der Waals surface area contributed by atoms with Crippen LogP contribution in [0, 0.1) is 13.8 Å². The fourth-order valence-corrected chi connectivity index (χ4v) is 3.45. The molecule has 0 atom stereocenters. The Morgan fingerprint density at radius 2 is 1.93 bits per heavy atom.